The average molecular weight is 428 g/mol. The number of benzene rings is 1. The van der Waals surface area contributed by atoms with Crippen molar-refractivity contribution in [3.63, 3.8) is 0 Å². The second kappa shape index (κ2) is 10.2. The fourth-order valence-electron chi connectivity index (χ4n) is 2.08. The van der Waals surface area contributed by atoms with Crippen molar-refractivity contribution in [1.29, 1.82) is 0 Å². The number of nitrogens with one attached hydrogen (secondary N) is 3. The van der Waals surface area contributed by atoms with E-state index in [1.54, 1.807) is 45.0 Å². The summed E-state index contributed by atoms with van der Waals surface area (Å²) in [4.78, 5) is 36.1. The highest BCUT2D eigenvalue weighted by Gasteiger charge is 2.22. The van der Waals surface area contributed by atoms with E-state index in [1.165, 1.54) is 0 Å². The van der Waals surface area contributed by atoms with Crippen LogP contribution in [0.4, 0.5) is 10.5 Å². The zero-order chi connectivity index (χ0) is 19.7. The first-order valence-electron chi connectivity index (χ1n) is 8.43. The molecule has 0 bridgehead atoms. The SMILES string of the molecule is CCCC(NC(=O)Nc1ccc(Br)cc1)C(=O)NCC(=O)OC(C)(C)C. The van der Waals surface area contributed by atoms with Gasteiger partial charge in [0.05, 0.1) is 0 Å². The first kappa shape index (κ1) is 22.0. The van der Waals surface area contributed by atoms with Gasteiger partial charge in [-0.05, 0) is 51.5 Å². The van der Waals surface area contributed by atoms with Crippen LogP contribution in [0, 0.1) is 0 Å². The number of urea groups is 1. The molecule has 144 valence electrons. The van der Waals surface area contributed by atoms with Gasteiger partial charge >= 0.3 is 12.0 Å². The van der Waals surface area contributed by atoms with Gasteiger partial charge in [-0.15, -0.1) is 0 Å². The summed E-state index contributed by atoms with van der Waals surface area (Å²) >= 11 is 3.32. The lowest BCUT2D eigenvalue weighted by atomic mass is 10.1. The molecular formula is C18H26BrN3O4. The number of carbonyl (C=O) groups is 3. The molecule has 8 heteroatoms. The zero-order valence-electron chi connectivity index (χ0n) is 15.5. The van der Waals surface area contributed by atoms with E-state index in [4.69, 9.17) is 4.74 Å². The summed E-state index contributed by atoms with van der Waals surface area (Å²) < 4.78 is 6.04. The number of carbonyl (C=O) groups excluding carboxylic acids is 3. The van der Waals surface area contributed by atoms with Crippen LogP contribution in [0.5, 0.6) is 0 Å². The van der Waals surface area contributed by atoms with Crippen LogP contribution >= 0.6 is 15.9 Å². The highest BCUT2D eigenvalue weighted by molar-refractivity contribution is 9.10. The van der Waals surface area contributed by atoms with Crippen molar-refractivity contribution in [2.45, 2.75) is 52.2 Å². The number of hydrogen-bond donors (Lipinski definition) is 3. The Morgan fingerprint density at radius 3 is 2.31 bits per heavy atom. The molecule has 1 aromatic rings. The Morgan fingerprint density at radius 2 is 1.77 bits per heavy atom. The van der Waals surface area contributed by atoms with Crippen LogP contribution in [0.1, 0.15) is 40.5 Å². The van der Waals surface area contributed by atoms with Crippen molar-refractivity contribution in [1.82, 2.24) is 10.6 Å². The smallest absolute Gasteiger partial charge is 0.325 e. The molecule has 0 spiro atoms. The van der Waals surface area contributed by atoms with Crippen LogP contribution < -0.4 is 16.0 Å². The number of halogens is 1. The topological polar surface area (TPSA) is 96.5 Å². The van der Waals surface area contributed by atoms with Gasteiger partial charge in [0, 0.05) is 10.2 Å². The van der Waals surface area contributed by atoms with Gasteiger partial charge < -0.3 is 20.7 Å². The van der Waals surface area contributed by atoms with Gasteiger partial charge in [0.25, 0.3) is 0 Å². The van der Waals surface area contributed by atoms with Crippen LogP contribution in [0.15, 0.2) is 28.7 Å². The molecular weight excluding hydrogens is 402 g/mol. The third-order valence-corrected chi connectivity index (χ3v) is 3.66. The predicted molar refractivity (Wildman–Crippen MR) is 104 cm³/mol. The summed E-state index contributed by atoms with van der Waals surface area (Å²) in [5.41, 5.74) is -0.0110. The van der Waals surface area contributed by atoms with Crippen LogP contribution in [0.25, 0.3) is 0 Å². The van der Waals surface area contributed by atoms with Crippen molar-refractivity contribution >= 4 is 39.5 Å². The summed E-state index contributed by atoms with van der Waals surface area (Å²) in [7, 11) is 0. The lowest BCUT2D eigenvalue weighted by Crippen LogP contribution is -2.49. The number of amides is 3. The molecule has 0 aliphatic rings. The summed E-state index contributed by atoms with van der Waals surface area (Å²) in [5, 5.41) is 7.80. The van der Waals surface area contributed by atoms with E-state index in [0.717, 1.165) is 4.47 Å². The van der Waals surface area contributed by atoms with Gasteiger partial charge in [-0.2, -0.15) is 0 Å². The molecule has 0 aromatic heterocycles. The Balaban J connectivity index is 2.55. The molecule has 3 N–H and O–H groups in total. The predicted octanol–water partition coefficient (Wildman–Crippen LogP) is 3.20. The molecule has 0 aliphatic carbocycles. The van der Waals surface area contributed by atoms with E-state index in [1.807, 2.05) is 6.92 Å². The molecule has 0 radical (unpaired) electrons. The molecule has 0 saturated heterocycles. The maximum Gasteiger partial charge on any atom is 0.325 e. The van der Waals surface area contributed by atoms with E-state index < -0.39 is 29.6 Å². The Labute approximate surface area is 162 Å². The molecule has 1 aromatic carbocycles. The van der Waals surface area contributed by atoms with E-state index in [9.17, 15) is 14.4 Å². The van der Waals surface area contributed by atoms with Gasteiger partial charge in [0.1, 0.15) is 18.2 Å². The minimum absolute atomic E-state index is 0.244. The number of hydrogen-bond acceptors (Lipinski definition) is 4. The summed E-state index contributed by atoms with van der Waals surface area (Å²) in [6.07, 6.45) is 1.15. The lowest BCUT2D eigenvalue weighted by molar-refractivity contribution is -0.154. The number of ether oxygens (including phenoxy) is 1. The maximum atomic E-state index is 12.3. The van der Waals surface area contributed by atoms with Crippen molar-refractivity contribution in [2.75, 3.05) is 11.9 Å². The molecule has 1 unspecified atom stereocenters. The normalized spacial score (nSPS) is 12.0. The number of esters is 1. The van der Waals surface area contributed by atoms with Crippen molar-refractivity contribution in [3.8, 4) is 0 Å². The molecule has 1 atom stereocenters. The second-order valence-corrected chi connectivity index (χ2v) is 7.67. The van der Waals surface area contributed by atoms with E-state index >= 15 is 0 Å². The van der Waals surface area contributed by atoms with Crippen molar-refractivity contribution < 1.29 is 19.1 Å². The first-order chi connectivity index (χ1) is 12.1. The van der Waals surface area contributed by atoms with Crippen LogP contribution in [0.2, 0.25) is 0 Å². The van der Waals surface area contributed by atoms with Gasteiger partial charge in [0.2, 0.25) is 5.91 Å². The number of rotatable bonds is 7. The quantitative estimate of drug-likeness (QED) is 0.582. The lowest BCUT2D eigenvalue weighted by Gasteiger charge is -2.21. The molecule has 7 nitrogen and oxygen atoms in total. The Bertz CT molecular complexity index is 626. The summed E-state index contributed by atoms with van der Waals surface area (Å²) in [6.45, 7) is 6.91. The fraction of sp³-hybridized carbons (Fsp3) is 0.500. The molecule has 0 fully saturated rings. The van der Waals surface area contributed by atoms with Gasteiger partial charge in [-0.1, -0.05) is 29.3 Å². The Kier molecular flexibility index (Phi) is 8.57. The molecule has 26 heavy (non-hydrogen) atoms. The van der Waals surface area contributed by atoms with Gasteiger partial charge in [0.15, 0.2) is 0 Å². The molecule has 3 amide bonds. The van der Waals surface area contributed by atoms with Crippen LogP contribution in [0.3, 0.4) is 0 Å². The van der Waals surface area contributed by atoms with Gasteiger partial charge in [-0.3, -0.25) is 9.59 Å². The van der Waals surface area contributed by atoms with E-state index in [2.05, 4.69) is 31.9 Å². The minimum atomic E-state index is -0.738. The summed E-state index contributed by atoms with van der Waals surface area (Å²) in [6, 6.07) is 5.85. The maximum absolute atomic E-state index is 12.3. The zero-order valence-corrected chi connectivity index (χ0v) is 17.1. The first-order valence-corrected chi connectivity index (χ1v) is 9.22. The average Bonchev–Trinajstić information content (AvgIpc) is 2.53. The van der Waals surface area contributed by atoms with Gasteiger partial charge in [-0.25, -0.2) is 4.79 Å². The molecule has 0 heterocycles. The van der Waals surface area contributed by atoms with Crippen molar-refractivity contribution in [3.05, 3.63) is 28.7 Å². The molecule has 0 aliphatic heterocycles. The third-order valence-electron chi connectivity index (χ3n) is 3.13. The minimum Gasteiger partial charge on any atom is -0.459 e. The van der Waals surface area contributed by atoms with Crippen molar-refractivity contribution in [2.24, 2.45) is 0 Å². The van der Waals surface area contributed by atoms with E-state index in [0.29, 0.717) is 18.5 Å². The third kappa shape index (κ3) is 8.84. The Morgan fingerprint density at radius 1 is 1.15 bits per heavy atom. The largest absolute Gasteiger partial charge is 0.459 e. The highest BCUT2D eigenvalue weighted by Crippen LogP contribution is 2.14. The monoisotopic (exact) mass is 427 g/mol. The number of anilines is 1. The van der Waals surface area contributed by atoms with E-state index in [-0.39, 0.29) is 6.54 Å². The molecule has 1 rings (SSSR count). The fourth-order valence-corrected chi connectivity index (χ4v) is 2.34. The second-order valence-electron chi connectivity index (χ2n) is 6.75. The van der Waals surface area contributed by atoms with Crippen LogP contribution in [-0.2, 0) is 14.3 Å². The Hall–Kier alpha value is -2.09. The summed E-state index contributed by atoms with van der Waals surface area (Å²) in [5.74, 6) is -0.955. The highest BCUT2D eigenvalue weighted by atomic mass is 79.9. The standard InChI is InChI=1S/C18H26BrN3O4/c1-5-6-14(16(24)20-11-15(23)26-18(2,3)4)22-17(25)21-13-9-7-12(19)8-10-13/h7-10,14H,5-6,11H2,1-4H3,(H,20,24)(H2,21,22,25). The molecule has 0 saturated carbocycles. The van der Waals surface area contributed by atoms with Crippen LogP contribution in [-0.4, -0.2) is 36.1 Å².